The van der Waals surface area contributed by atoms with E-state index in [2.05, 4.69) is 27.7 Å². The first-order valence-electron chi connectivity index (χ1n) is 7.26. The van der Waals surface area contributed by atoms with E-state index in [4.69, 9.17) is 10.2 Å². The third kappa shape index (κ3) is 7.97. The topological polar surface area (TPSA) is 74.6 Å². The Hall–Kier alpha value is -1.32. The molecule has 0 radical (unpaired) electrons. The number of rotatable bonds is 9. The minimum atomic E-state index is -1.08. The van der Waals surface area contributed by atoms with Gasteiger partial charge >= 0.3 is 11.9 Å². The fourth-order valence-electron chi connectivity index (χ4n) is 2.79. The second-order valence-corrected chi connectivity index (χ2v) is 6.35. The second kappa shape index (κ2) is 8.77. The van der Waals surface area contributed by atoms with Gasteiger partial charge in [-0.2, -0.15) is 0 Å². The smallest absolute Gasteiger partial charge is 0.311 e. The Morgan fingerprint density at radius 1 is 1.05 bits per heavy atom. The highest BCUT2D eigenvalue weighted by Gasteiger charge is 2.23. The van der Waals surface area contributed by atoms with Crippen LogP contribution >= 0.6 is 0 Å². The van der Waals surface area contributed by atoms with Crippen LogP contribution in [0.1, 0.15) is 53.9 Å². The molecular weight excluding hydrogens is 256 g/mol. The Kier molecular flexibility index (Phi) is 8.19. The van der Waals surface area contributed by atoms with Crippen molar-refractivity contribution in [1.82, 2.24) is 0 Å². The van der Waals surface area contributed by atoms with Gasteiger partial charge in [-0.15, -0.1) is 0 Å². The molecule has 0 spiro atoms. The lowest BCUT2D eigenvalue weighted by atomic mass is 9.87. The standard InChI is InChI=1S/C16H28O4/c1-10(2)6-11(3)7-12(4)8-13(5)14(16(19)20)9-15(17)18/h8,10-12,14H,6-7,9H2,1-5H3,(H,17,18)(H,19,20)/b13-8+. The molecule has 4 nitrogen and oxygen atoms in total. The van der Waals surface area contributed by atoms with E-state index in [0.717, 1.165) is 12.8 Å². The summed E-state index contributed by atoms with van der Waals surface area (Å²) in [6, 6.07) is 0. The molecule has 0 aliphatic rings. The van der Waals surface area contributed by atoms with E-state index in [1.54, 1.807) is 6.92 Å². The minimum absolute atomic E-state index is 0.263. The highest BCUT2D eigenvalue weighted by atomic mass is 16.4. The average Bonchev–Trinajstić information content (AvgIpc) is 2.22. The van der Waals surface area contributed by atoms with Crippen molar-refractivity contribution in [1.29, 1.82) is 0 Å². The first-order valence-corrected chi connectivity index (χ1v) is 7.26. The summed E-state index contributed by atoms with van der Waals surface area (Å²) in [5, 5.41) is 17.9. The number of hydrogen-bond acceptors (Lipinski definition) is 2. The van der Waals surface area contributed by atoms with Crippen LogP contribution in [0.2, 0.25) is 0 Å². The van der Waals surface area contributed by atoms with E-state index in [1.807, 2.05) is 6.08 Å². The largest absolute Gasteiger partial charge is 0.481 e. The van der Waals surface area contributed by atoms with Gasteiger partial charge in [-0.05, 0) is 37.5 Å². The predicted molar refractivity (Wildman–Crippen MR) is 79.5 cm³/mol. The lowest BCUT2D eigenvalue weighted by Crippen LogP contribution is -2.19. The highest BCUT2D eigenvalue weighted by molar-refractivity contribution is 5.80. The molecule has 0 heterocycles. The summed E-state index contributed by atoms with van der Waals surface area (Å²) >= 11 is 0. The summed E-state index contributed by atoms with van der Waals surface area (Å²) in [7, 11) is 0. The predicted octanol–water partition coefficient (Wildman–Crippen LogP) is 3.82. The molecule has 20 heavy (non-hydrogen) atoms. The second-order valence-electron chi connectivity index (χ2n) is 6.35. The molecule has 3 atom stereocenters. The molecule has 0 rings (SSSR count). The van der Waals surface area contributed by atoms with Gasteiger partial charge < -0.3 is 10.2 Å². The normalized spacial score (nSPS) is 16.8. The van der Waals surface area contributed by atoms with Crippen molar-refractivity contribution in [2.24, 2.45) is 23.7 Å². The average molecular weight is 284 g/mol. The van der Waals surface area contributed by atoms with Gasteiger partial charge in [-0.25, -0.2) is 0 Å². The van der Waals surface area contributed by atoms with Crippen molar-refractivity contribution in [3.63, 3.8) is 0 Å². The van der Waals surface area contributed by atoms with Gasteiger partial charge in [0, 0.05) is 0 Å². The molecule has 0 saturated carbocycles. The van der Waals surface area contributed by atoms with Crippen molar-refractivity contribution >= 4 is 11.9 Å². The third-order valence-electron chi connectivity index (χ3n) is 3.42. The van der Waals surface area contributed by atoms with Crippen molar-refractivity contribution < 1.29 is 19.8 Å². The maximum atomic E-state index is 11.1. The highest BCUT2D eigenvalue weighted by Crippen LogP contribution is 2.23. The number of allylic oxidation sites excluding steroid dienone is 1. The number of carbonyl (C=O) groups is 2. The summed E-state index contributed by atoms with van der Waals surface area (Å²) in [4.78, 5) is 21.8. The van der Waals surface area contributed by atoms with Crippen LogP contribution in [0.25, 0.3) is 0 Å². The molecular formula is C16H28O4. The molecule has 0 aliphatic heterocycles. The molecule has 0 bridgehead atoms. The van der Waals surface area contributed by atoms with Gasteiger partial charge in [0.1, 0.15) is 0 Å². The fraction of sp³-hybridized carbons (Fsp3) is 0.750. The summed E-state index contributed by atoms with van der Waals surface area (Å²) in [5.74, 6) is -1.57. The molecule has 0 aliphatic carbocycles. The van der Waals surface area contributed by atoms with Gasteiger partial charge in [-0.1, -0.05) is 39.3 Å². The van der Waals surface area contributed by atoms with Crippen LogP contribution < -0.4 is 0 Å². The zero-order chi connectivity index (χ0) is 15.9. The maximum Gasteiger partial charge on any atom is 0.311 e. The van der Waals surface area contributed by atoms with Gasteiger partial charge in [0.2, 0.25) is 0 Å². The monoisotopic (exact) mass is 284 g/mol. The summed E-state index contributed by atoms with van der Waals surface area (Å²) < 4.78 is 0. The minimum Gasteiger partial charge on any atom is -0.481 e. The van der Waals surface area contributed by atoms with Crippen LogP contribution in [0.4, 0.5) is 0 Å². The number of aliphatic carboxylic acids is 2. The van der Waals surface area contributed by atoms with E-state index in [0.29, 0.717) is 17.4 Å². The Morgan fingerprint density at radius 2 is 1.60 bits per heavy atom. The fourth-order valence-corrected chi connectivity index (χ4v) is 2.79. The molecule has 0 amide bonds. The summed E-state index contributed by atoms with van der Waals surface area (Å²) in [6.45, 7) is 10.3. The number of carboxylic acid groups (broad SMARTS) is 2. The maximum absolute atomic E-state index is 11.1. The van der Waals surface area contributed by atoms with Crippen molar-refractivity contribution in [2.45, 2.75) is 53.9 Å². The quantitative estimate of drug-likeness (QED) is 0.631. The van der Waals surface area contributed by atoms with Crippen molar-refractivity contribution in [2.75, 3.05) is 0 Å². The lowest BCUT2D eigenvalue weighted by molar-refractivity contribution is -0.146. The van der Waals surface area contributed by atoms with E-state index in [-0.39, 0.29) is 12.3 Å². The Bertz CT molecular complexity index is 357. The van der Waals surface area contributed by atoms with Gasteiger partial charge in [-0.3, -0.25) is 9.59 Å². The van der Waals surface area contributed by atoms with E-state index < -0.39 is 17.9 Å². The zero-order valence-corrected chi connectivity index (χ0v) is 13.2. The van der Waals surface area contributed by atoms with Crippen LogP contribution in [-0.2, 0) is 9.59 Å². The first-order chi connectivity index (χ1) is 9.13. The third-order valence-corrected chi connectivity index (χ3v) is 3.42. The molecule has 0 aromatic rings. The zero-order valence-electron chi connectivity index (χ0n) is 13.2. The molecule has 0 aromatic heterocycles. The Morgan fingerprint density at radius 3 is 2.00 bits per heavy atom. The van der Waals surface area contributed by atoms with Crippen molar-refractivity contribution in [3.05, 3.63) is 11.6 Å². The molecule has 4 heteroatoms. The Labute approximate surface area is 121 Å². The van der Waals surface area contributed by atoms with E-state index >= 15 is 0 Å². The van der Waals surface area contributed by atoms with Crippen molar-refractivity contribution in [3.8, 4) is 0 Å². The molecule has 0 saturated heterocycles. The van der Waals surface area contributed by atoms with Gasteiger partial charge in [0.15, 0.2) is 0 Å². The van der Waals surface area contributed by atoms with Crippen LogP contribution in [0.3, 0.4) is 0 Å². The molecule has 3 unspecified atom stereocenters. The summed E-state index contributed by atoms with van der Waals surface area (Å²) in [6.07, 6.45) is 3.70. The van der Waals surface area contributed by atoms with Gasteiger partial charge in [0.25, 0.3) is 0 Å². The molecule has 116 valence electrons. The van der Waals surface area contributed by atoms with Crippen LogP contribution in [0, 0.1) is 23.7 Å². The molecule has 2 N–H and O–H groups in total. The van der Waals surface area contributed by atoms with Crippen LogP contribution in [-0.4, -0.2) is 22.2 Å². The van der Waals surface area contributed by atoms with Gasteiger partial charge in [0.05, 0.1) is 12.3 Å². The van der Waals surface area contributed by atoms with Crippen LogP contribution in [0.15, 0.2) is 11.6 Å². The SMILES string of the molecule is C/C(=C\C(C)CC(C)CC(C)C)C(CC(=O)O)C(=O)O. The van der Waals surface area contributed by atoms with E-state index in [9.17, 15) is 9.59 Å². The summed E-state index contributed by atoms with van der Waals surface area (Å²) in [5.41, 5.74) is 0.643. The molecule has 0 fully saturated rings. The Balaban J connectivity index is 4.66. The molecule has 0 aromatic carbocycles. The first kappa shape index (κ1) is 18.7. The van der Waals surface area contributed by atoms with E-state index in [1.165, 1.54) is 0 Å². The number of hydrogen-bond donors (Lipinski definition) is 2. The van der Waals surface area contributed by atoms with Crippen LogP contribution in [0.5, 0.6) is 0 Å². The lowest BCUT2D eigenvalue weighted by Gasteiger charge is -2.18. The number of carboxylic acids is 2.